The zero-order chi connectivity index (χ0) is 37.0. The van der Waals surface area contributed by atoms with Crippen molar-refractivity contribution in [3.05, 3.63) is 218 Å². The van der Waals surface area contributed by atoms with E-state index in [1.54, 1.807) is 0 Å². The summed E-state index contributed by atoms with van der Waals surface area (Å²) in [6.07, 6.45) is 0. The van der Waals surface area contributed by atoms with Crippen LogP contribution in [0.5, 0.6) is 0 Å². The van der Waals surface area contributed by atoms with Gasteiger partial charge in [-0.1, -0.05) is 164 Å². The molecule has 0 fully saturated rings. The summed E-state index contributed by atoms with van der Waals surface area (Å²) in [6.45, 7) is 0. The lowest BCUT2D eigenvalue weighted by atomic mass is 9.91. The molecular weight excluding hydrogens is 677 g/mol. The van der Waals surface area contributed by atoms with Gasteiger partial charge in [-0.2, -0.15) is 0 Å². The first kappa shape index (κ1) is 32.0. The molecule has 56 heavy (non-hydrogen) atoms. The Morgan fingerprint density at radius 2 is 0.875 bits per heavy atom. The first-order chi connectivity index (χ1) is 27.8. The van der Waals surface area contributed by atoms with E-state index in [4.69, 9.17) is 0 Å². The maximum atomic E-state index is 2.42. The molecule has 0 amide bonds. The van der Waals surface area contributed by atoms with Crippen molar-refractivity contribution < 1.29 is 0 Å². The Labute approximate surface area is 325 Å². The molecule has 0 unspecified atom stereocenters. The van der Waals surface area contributed by atoms with Crippen LogP contribution < -0.4 is 4.90 Å². The number of para-hydroxylation sites is 3. The highest BCUT2D eigenvalue weighted by Crippen LogP contribution is 2.45. The molecule has 11 aromatic rings. The Kier molecular flexibility index (Phi) is 7.53. The van der Waals surface area contributed by atoms with Crippen molar-refractivity contribution in [2.75, 3.05) is 4.90 Å². The molecule has 0 aliphatic carbocycles. The predicted molar refractivity (Wildman–Crippen MR) is 239 cm³/mol. The third kappa shape index (κ3) is 5.19. The molecule has 262 valence electrons. The molecule has 0 bridgehead atoms. The molecule has 0 saturated heterocycles. The van der Waals surface area contributed by atoms with Gasteiger partial charge in [-0.05, 0) is 109 Å². The van der Waals surface area contributed by atoms with Crippen molar-refractivity contribution in [3.8, 4) is 27.9 Å². The highest BCUT2D eigenvalue weighted by atomic mass is 15.2. The molecule has 0 aliphatic heterocycles. The highest BCUT2D eigenvalue weighted by molar-refractivity contribution is 6.21. The smallest absolute Gasteiger partial charge is 0.0782 e. The first-order valence-corrected chi connectivity index (χ1v) is 19.3. The molecule has 0 saturated carbocycles. The molecule has 1 aromatic heterocycles. The van der Waals surface area contributed by atoms with E-state index in [1.807, 2.05) is 0 Å². The Morgan fingerprint density at radius 1 is 0.321 bits per heavy atom. The molecule has 2 heteroatoms. The summed E-state index contributed by atoms with van der Waals surface area (Å²) in [5.41, 5.74) is 11.6. The van der Waals surface area contributed by atoms with Crippen LogP contribution in [-0.2, 0) is 0 Å². The number of benzene rings is 10. The fraction of sp³-hybridized carbons (Fsp3) is 0. The number of nitrogens with zero attached hydrogens (tertiary/aromatic N) is 2. The Morgan fingerprint density at radius 3 is 1.62 bits per heavy atom. The van der Waals surface area contributed by atoms with Crippen LogP contribution in [0.4, 0.5) is 17.1 Å². The van der Waals surface area contributed by atoms with Gasteiger partial charge in [0.2, 0.25) is 0 Å². The summed E-state index contributed by atoms with van der Waals surface area (Å²) in [5, 5.41) is 10.1. The average molecular weight is 713 g/mol. The summed E-state index contributed by atoms with van der Waals surface area (Å²) < 4.78 is 2.42. The Bertz CT molecular complexity index is 3210. The van der Waals surface area contributed by atoms with Crippen LogP contribution >= 0.6 is 0 Å². The lowest BCUT2D eigenvalue weighted by Gasteiger charge is -2.27. The predicted octanol–water partition coefficient (Wildman–Crippen LogP) is 15.0. The zero-order valence-corrected chi connectivity index (χ0v) is 30.7. The van der Waals surface area contributed by atoms with E-state index in [2.05, 4.69) is 228 Å². The number of hydrogen-bond acceptors (Lipinski definition) is 1. The van der Waals surface area contributed by atoms with Gasteiger partial charge in [-0.3, -0.25) is 0 Å². The highest BCUT2D eigenvalue weighted by Gasteiger charge is 2.22. The topological polar surface area (TPSA) is 8.17 Å². The summed E-state index contributed by atoms with van der Waals surface area (Å²) in [4.78, 5) is 2.42. The van der Waals surface area contributed by atoms with Crippen molar-refractivity contribution >= 4 is 71.2 Å². The number of hydrogen-bond donors (Lipinski definition) is 0. The summed E-state index contributed by atoms with van der Waals surface area (Å²) in [6, 6.07) is 79.5. The molecule has 1 heterocycles. The summed E-state index contributed by atoms with van der Waals surface area (Å²) in [5.74, 6) is 0. The third-order valence-electron chi connectivity index (χ3n) is 11.4. The van der Waals surface area contributed by atoms with Gasteiger partial charge in [0, 0.05) is 27.8 Å². The van der Waals surface area contributed by atoms with E-state index < -0.39 is 0 Å². The first-order valence-electron chi connectivity index (χ1n) is 19.3. The number of rotatable bonds is 6. The molecule has 11 rings (SSSR count). The van der Waals surface area contributed by atoms with Crippen molar-refractivity contribution in [2.45, 2.75) is 0 Å². The minimum Gasteiger partial charge on any atom is -0.308 e. The minimum atomic E-state index is 1.09. The van der Waals surface area contributed by atoms with Gasteiger partial charge >= 0.3 is 0 Å². The largest absolute Gasteiger partial charge is 0.308 e. The van der Waals surface area contributed by atoms with Gasteiger partial charge in [-0.25, -0.2) is 0 Å². The van der Waals surface area contributed by atoms with Crippen molar-refractivity contribution in [1.82, 2.24) is 4.57 Å². The fourth-order valence-electron chi connectivity index (χ4n) is 8.78. The maximum Gasteiger partial charge on any atom is 0.0782 e. The number of anilines is 3. The van der Waals surface area contributed by atoms with Crippen LogP contribution in [0.15, 0.2) is 218 Å². The van der Waals surface area contributed by atoms with Gasteiger partial charge in [0.1, 0.15) is 0 Å². The molecular formula is C54H36N2. The van der Waals surface area contributed by atoms with Crippen molar-refractivity contribution in [1.29, 1.82) is 0 Å². The maximum absolute atomic E-state index is 2.42. The number of fused-ring (bicyclic) bond motifs is 8. The van der Waals surface area contributed by atoms with E-state index in [0.717, 1.165) is 22.7 Å². The van der Waals surface area contributed by atoms with Crippen LogP contribution in [0.2, 0.25) is 0 Å². The minimum absolute atomic E-state index is 1.09. The number of aromatic nitrogens is 1. The van der Waals surface area contributed by atoms with Crippen LogP contribution in [-0.4, -0.2) is 4.57 Å². The molecule has 0 N–H and O–H groups in total. The molecule has 10 aromatic carbocycles. The second kappa shape index (κ2) is 13.2. The monoisotopic (exact) mass is 712 g/mol. The normalized spacial score (nSPS) is 11.6. The fourth-order valence-corrected chi connectivity index (χ4v) is 8.78. The van der Waals surface area contributed by atoms with Gasteiger partial charge in [0.15, 0.2) is 0 Å². The average Bonchev–Trinajstić information content (AvgIpc) is 3.62. The summed E-state index contributed by atoms with van der Waals surface area (Å²) in [7, 11) is 0. The van der Waals surface area contributed by atoms with Crippen LogP contribution in [0.3, 0.4) is 0 Å². The lowest BCUT2D eigenvalue weighted by molar-refractivity contribution is 1.17. The summed E-state index contributed by atoms with van der Waals surface area (Å²) >= 11 is 0. The Hall–Kier alpha value is -7.42. The zero-order valence-electron chi connectivity index (χ0n) is 30.7. The molecule has 2 nitrogen and oxygen atoms in total. The van der Waals surface area contributed by atoms with Crippen LogP contribution in [0, 0.1) is 0 Å². The van der Waals surface area contributed by atoms with Crippen LogP contribution in [0.25, 0.3) is 82.1 Å². The van der Waals surface area contributed by atoms with Gasteiger partial charge < -0.3 is 9.47 Å². The standard InChI is InChI=1S/C54H36N2/c1-3-14-37(15-4-1)38-26-31-42(32-27-38)55(53-25-13-23-49-48-22-11-12-24-52(48)56(54(49)53)41-17-5-2-6-18-41)43-33-28-40(29-34-43)50-36-51-44-19-8-7-16-39(44)30-35-47(51)45-20-9-10-21-46(45)50/h1-36H. The van der Waals surface area contributed by atoms with Crippen molar-refractivity contribution in [3.63, 3.8) is 0 Å². The second-order valence-corrected chi connectivity index (χ2v) is 14.5. The van der Waals surface area contributed by atoms with Gasteiger partial charge in [-0.15, -0.1) is 0 Å². The Balaban J connectivity index is 1.13. The SMILES string of the molecule is c1ccc(-c2ccc(N(c3ccc(-c4cc5c6ccccc6ccc5c5ccccc45)cc3)c3cccc4c5ccccc5n(-c5ccccc5)c34)cc2)cc1. The van der Waals surface area contributed by atoms with E-state index in [1.165, 1.54) is 76.4 Å². The molecule has 0 atom stereocenters. The second-order valence-electron chi connectivity index (χ2n) is 14.5. The van der Waals surface area contributed by atoms with E-state index in [0.29, 0.717) is 0 Å². The quantitative estimate of drug-likeness (QED) is 0.156. The van der Waals surface area contributed by atoms with E-state index in [9.17, 15) is 0 Å². The van der Waals surface area contributed by atoms with E-state index in [-0.39, 0.29) is 0 Å². The van der Waals surface area contributed by atoms with Gasteiger partial charge in [0.25, 0.3) is 0 Å². The van der Waals surface area contributed by atoms with E-state index >= 15 is 0 Å². The molecule has 0 spiro atoms. The molecule has 0 aliphatic rings. The van der Waals surface area contributed by atoms with Crippen molar-refractivity contribution in [2.24, 2.45) is 0 Å². The molecule has 0 radical (unpaired) electrons. The lowest BCUT2D eigenvalue weighted by Crippen LogP contribution is -2.11. The van der Waals surface area contributed by atoms with Crippen LogP contribution in [0.1, 0.15) is 0 Å². The third-order valence-corrected chi connectivity index (χ3v) is 11.4. The van der Waals surface area contributed by atoms with Gasteiger partial charge in [0.05, 0.1) is 16.7 Å².